The number of benzene rings is 1. The maximum atomic E-state index is 4.49. The number of hydrogen-bond donors (Lipinski definition) is 1. The maximum absolute atomic E-state index is 4.49. The van der Waals surface area contributed by atoms with Gasteiger partial charge in [-0.2, -0.15) is 0 Å². The fraction of sp³-hybridized carbons (Fsp3) is 0.143. The van der Waals surface area contributed by atoms with E-state index in [2.05, 4.69) is 40.4 Å². The molecule has 2 heterocycles. The van der Waals surface area contributed by atoms with Gasteiger partial charge >= 0.3 is 0 Å². The molecule has 0 aliphatic carbocycles. The highest BCUT2D eigenvalue weighted by Gasteiger charge is 2.07. The van der Waals surface area contributed by atoms with Crippen LogP contribution in [0.5, 0.6) is 0 Å². The quantitative estimate of drug-likeness (QED) is 0.750. The zero-order valence-electron chi connectivity index (χ0n) is 10.3. The Morgan fingerprint density at radius 1 is 1.06 bits per heavy atom. The van der Waals surface area contributed by atoms with Gasteiger partial charge in [0.2, 0.25) is 0 Å². The minimum absolute atomic E-state index is 0.793. The second kappa shape index (κ2) is 4.38. The third kappa shape index (κ3) is 1.95. The Morgan fingerprint density at radius 2 is 1.89 bits per heavy atom. The van der Waals surface area contributed by atoms with Crippen LogP contribution in [0.1, 0.15) is 11.4 Å². The summed E-state index contributed by atoms with van der Waals surface area (Å²) in [6.45, 7) is 4.00. The SMILES string of the molecule is Cc1nc(Nc2ccccc2C)c2ccsc2n1. The Bertz CT molecular complexity index is 703. The summed E-state index contributed by atoms with van der Waals surface area (Å²) in [5.41, 5.74) is 2.29. The molecule has 0 fully saturated rings. The molecule has 1 aromatic carbocycles. The van der Waals surface area contributed by atoms with Gasteiger partial charge in [-0.3, -0.25) is 0 Å². The van der Waals surface area contributed by atoms with Gasteiger partial charge < -0.3 is 5.32 Å². The highest BCUT2D eigenvalue weighted by Crippen LogP contribution is 2.28. The fourth-order valence-corrected chi connectivity index (χ4v) is 2.71. The largest absolute Gasteiger partial charge is 0.339 e. The molecule has 2 aromatic heterocycles. The van der Waals surface area contributed by atoms with Crippen LogP contribution in [0.25, 0.3) is 10.2 Å². The molecule has 0 bridgehead atoms. The number of nitrogens with one attached hydrogen (secondary N) is 1. The number of aromatic nitrogens is 2. The first-order valence-electron chi connectivity index (χ1n) is 5.78. The van der Waals surface area contributed by atoms with Gasteiger partial charge in [-0.05, 0) is 36.9 Å². The Morgan fingerprint density at radius 3 is 2.72 bits per heavy atom. The average Bonchev–Trinajstić information content (AvgIpc) is 2.80. The van der Waals surface area contributed by atoms with Crippen LogP contribution in [0.4, 0.5) is 11.5 Å². The van der Waals surface area contributed by atoms with E-state index >= 15 is 0 Å². The van der Waals surface area contributed by atoms with Crippen LogP contribution < -0.4 is 5.32 Å². The van der Waals surface area contributed by atoms with Crippen LogP contribution in [-0.4, -0.2) is 9.97 Å². The number of hydrogen-bond acceptors (Lipinski definition) is 4. The molecule has 0 spiro atoms. The minimum atomic E-state index is 0.793. The Balaban J connectivity index is 2.10. The Kier molecular flexibility index (Phi) is 2.72. The minimum Gasteiger partial charge on any atom is -0.339 e. The fourth-order valence-electron chi connectivity index (χ4n) is 1.90. The summed E-state index contributed by atoms with van der Waals surface area (Å²) in [7, 11) is 0. The number of aryl methyl sites for hydroxylation is 2. The Labute approximate surface area is 110 Å². The first-order valence-corrected chi connectivity index (χ1v) is 6.66. The summed E-state index contributed by atoms with van der Waals surface area (Å²) >= 11 is 1.64. The van der Waals surface area contributed by atoms with Crippen molar-refractivity contribution in [1.82, 2.24) is 9.97 Å². The van der Waals surface area contributed by atoms with E-state index in [4.69, 9.17) is 0 Å². The molecule has 90 valence electrons. The van der Waals surface area contributed by atoms with E-state index in [9.17, 15) is 0 Å². The lowest BCUT2D eigenvalue weighted by molar-refractivity contribution is 1.10. The summed E-state index contributed by atoms with van der Waals surface area (Å²) < 4.78 is 0. The molecule has 0 aliphatic rings. The van der Waals surface area contributed by atoms with Crippen molar-refractivity contribution in [2.75, 3.05) is 5.32 Å². The second-order valence-electron chi connectivity index (χ2n) is 4.20. The first kappa shape index (κ1) is 11.2. The normalized spacial score (nSPS) is 10.8. The molecule has 0 saturated heterocycles. The Hall–Kier alpha value is -1.94. The van der Waals surface area contributed by atoms with Crippen LogP contribution in [0, 0.1) is 13.8 Å². The number of para-hydroxylation sites is 1. The number of rotatable bonds is 2. The van der Waals surface area contributed by atoms with Gasteiger partial charge in [-0.15, -0.1) is 11.3 Å². The molecule has 18 heavy (non-hydrogen) atoms. The topological polar surface area (TPSA) is 37.8 Å². The third-order valence-electron chi connectivity index (χ3n) is 2.84. The van der Waals surface area contributed by atoms with Crippen LogP contribution >= 0.6 is 11.3 Å². The highest BCUT2D eigenvalue weighted by molar-refractivity contribution is 7.16. The van der Waals surface area contributed by atoms with E-state index in [0.29, 0.717) is 0 Å². The van der Waals surface area contributed by atoms with E-state index in [1.54, 1.807) is 11.3 Å². The average molecular weight is 255 g/mol. The van der Waals surface area contributed by atoms with Gasteiger partial charge in [-0.25, -0.2) is 9.97 Å². The number of nitrogens with zero attached hydrogens (tertiary/aromatic N) is 2. The lowest BCUT2D eigenvalue weighted by Crippen LogP contribution is -1.98. The lowest BCUT2D eigenvalue weighted by atomic mass is 10.2. The zero-order chi connectivity index (χ0) is 12.5. The third-order valence-corrected chi connectivity index (χ3v) is 3.64. The lowest BCUT2D eigenvalue weighted by Gasteiger charge is -2.09. The van der Waals surface area contributed by atoms with Crippen molar-refractivity contribution < 1.29 is 0 Å². The van der Waals surface area contributed by atoms with E-state index in [1.165, 1.54) is 5.56 Å². The van der Waals surface area contributed by atoms with E-state index in [-0.39, 0.29) is 0 Å². The number of thiophene rings is 1. The molecule has 0 unspecified atom stereocenters. The molecule has 3 nitrogen and oxygen atoms in total. The molecule has 0 aliphatic heterocycles. The smallest absolute Gasteiger partial charge is 0.142 e. The van der Waals surface area contributed by atoms with Crippen molar-refractivity contribution >= 4 is 33.1 Å². The monoisotopic (exact) mass is 255 g/mol. The van der Waals surface area contributed by atoms with Crippen molar-refractivity contribution in [3.8, 4) is 0 Å². The summed E-state index contributed by atoms with van der Waals surface area (Å²) in [5, 5.41) is 6.52. The molecular weight excluding hydrogens is 242 g/mol. The highest BCUT2D eigenvalue weighted by atomic mass is 32.1. The van der Waals surface area contributed by atoms with E-state index in [1.807, 2.05) is 24.4 Å². The molecule has 3 aromatic rings. The van der Waals surface area contributed by atoms with Gasteiger partial charge in [0.1, 0.15) is 16.5 Å². The molecule has 0 radical (unpaired) electrons. The van der Waals surface area contributed by atoms with Gasteiger partial charge in [-0.1, -0.05) is 18.2 Å². The van der Waals surface area contributed by atoms with E-state index in [0.717, 1.165) is 27.5 Å². The van der Waals surface area contributed by atoms with Crippen molar-refractivity contribution in [2.24, 2.45) is 0 Å². The first-order chi connectivity index (χ1) is 8.74. The molecule has 3 rings (SSSR count). The summed E-state index contributed by atoms with van der Waals surface area (Å²) in [6.07, 6.45) is 0. The van der Waals surface area contributed by atoms with Gasteiger partial charge in [0, 0.05) is 5.69 Å². The molecular formula is C14H13N3S. The molecule has 4 heteroatoms. The van der Waals surface area contributed by atoms with Gasteiger partial charge in [0.15, 0.2) is 0 Å². The van der Waals surface area contributed by atoms with Gasteiger partial charge in [0.05, 0.1) is 5.39 Å². The predicted molar refractivity (Wildman–Crippen MR) is 76.6 cm³/mol. The molecule has 0 atom stereocenters. The second-order valence-corrected chi connectivity index (χ2v) is 5.09. The van der Waals surface area contributed by atoms with Crippen molar-refractivity contribution in [1.29, 1.82) is 0 Å². The van der Waals surface area contributed by atoms with Crippen molar-refractivity contribution in [2.45, 2.75) is 13.8 Å². The standard InChI is InChI=1S/C14H13N3S/c1-9-5-3-4-6-12(9)17-13-11-7-8-18-14(11)16-10(2)15-13/h3-8H,1-2H3,(H,15,16,17). The van der Waals surface area contributed by atoms with Crippen molar-refractivity contribution in [3.63, 3.8) is 0 Å². The number of fused-ring (bicyclic) bond motifs is 1. The summed E-state index contributed by atoms with van der Waals surface area (Å²) in [5.74, 6) is 1.68. The van der Waals surface area contributed by atoms with Gasteiger partial charge in [0.25, 0.3) is 0 Å². The maximum Gasteiger partial charge on any atom is 0.142 e. The number of anilines is 2. The summed E-state index contributed by atoms with van der Waals surface area (Å²) in [6, 6.07) is 10.3. The summed E-state index contributed by atoms with van der Waals surface area (Å²) in [4.78, 5) is 9.95. The van der Waals surface area contributed by atoms with Crippen molar-refractivity contribution in [3.05, 3.63) is 47.1 Å². The van der Waals surface area contributed by atoms with Crippen LogP contribution in [-0.2, 0) is 0 Å². The van der Waals surface area contributed by atoms with Crippen LogP contribution in [0.15, 0.2) is 35.7 Å². The van der Waals surface area contributed by atoms with Crippen LogP contribution in [0.2, 0.25) is 0 Å². The zero-order valence-corrected chi connectivity index (χ0v) is 11.1. The predicted octanol–water partition coefficient (Wildman–Crippen LogP) is 4.05. The molecule has 0 saturated carbocycles. The van der Waals surface area contributed by atoms with E-state index < -0.39 is 0 Å². The molecule has 1 N–H and O–H groups in total. The van der Waals surface area contributed by atoms with Crippen LogP contribution in [0.3, 0.4) is 0 Å². The molecule has 0 amide bonds.